The van der Waals surface area contributed by atoms with Crippen LogP contribution in [-0.4, -0.2) is 28.5 Å². The molecule has 0 saturated carbocycles. The number of nitrogens with zero attached hydrogens (tertiary/aromatic N) is 1. The predicted octanol–water partition coefficient (Wildman–Crippen LogP) is 4.03. The fraction of sp³-hybridized carbons (Fsp3) is 0.118. The van der Waals surface area contributed by atoms with Gasteiger partial charge in [-0.15, -0.1) is 0 Å². The number of amides is 3. The lowest BCUT2D eigenvalue weighted by molar-refractivity contribution is -0.127. The van der Waals surface area contributed by atoms with Gasteiger partial charge in [0.05, 0.1) is 10.6 Å². The highest BCUT2D eigenvalue weighted by Crippen LogP contribution is 2.32. The van der Waals surface area contributed by atoms with Crippen LogP contribution in [0.15, 0.2) is 50.2 Å². The Bertz CT molecular complexity index is 890. The summed E-state index contributed by atoms with van der Waals surface area (Å²) in [7, 11) is 0. The van der Waals surface area contributed by atoms with Crippen LogP contribution in [0.5, 0.6) is 0 Å². The Morgan fingerprint density at radius 3 is 2.72 bits per heavy atom. The number of carbonyl (C=O) groups is 3. The van der Waals surface area contributed by atoms with Crippen molar-refractivity contribution in [1.29, 1.82) is 0 Å². The van der Waals surface area contributed by atoms with Crippen LogP contribution in [-0.2, 0) is 9.59 Å². The number of furan rings is 1. The molecule has 1 aliphatic heterocycles. The van der Waals surface area contributed by atoms with Gasteiger partial charge in [-0.2, -0.15) is 0 Å². The lowest BCUT2D eigenvalue weighted by Gasteiger charge is -2.13. The van der Waals surface area contributed by atoms with E-state index in [-0.39, 0.29) is 11.4 Å². The zero-order valence-corrected chi connectivity index (χ0v) is 15.5. The van der Waals surface area contributed by atoms with Crippen LogP contribution in [0.25, 0.3) is 6.08 Å². The lowest BCUT2D eigenvalue weighted by atomic mass is 10.3. The molecule has 0 unspecified atom stereocenters. The molecule has 3 rings (SSSR count). The fourth-order valence-electron chi connectivity index (χ4n) is 2.19. The highest BCUT2D eigenvalue weighted by atomic mass is 79.9. The molecular weight excluding hydrogens is 408 g/mol. The summed E-state index contributed by atoms with van der Waals surface area (Å²) < 4.78 is 6.09. The average molecular weight is 421 g/mol. The standard InChI is InChI=1S/C17H13BrN2O4S/c1-10-6-7-11(24-10)8-14-16(22)20(17(23)25-14)9-15(21)19-13-5-3-2-4-12(13)18/h2-8H,9H2,1H3,(H,19,21). The number of hydrogen-bond acceptors (Lipinski definition) is 5. The Hall–Kier alpha value is -2.32. The van der Waals surface area contributed by atoms with Crippen LogP contribution in [0.4, 0.5) is 10.5 Å². The summed E-state index contributed by atoms with van der Waals surface area (Å²) >= 11 is 4.11. The van der Waals surface area contributed by atoms with E-state index in [9.17, 15) is 14.4 Å². The number of hydrogen-bond donors (Lipinski definition) is 1. The van der Waals surface area contributed by atoms with Gasteiger partial charge in [-0.3, -0.25) is 19.3 Å². The van der Waals surface area contributed by atoms with Crippen molar-refractivity contribution < 1.29 is 18.8 Å². The van der Waals surface area contributed by atoms with E-state index in [1.165, 1.54) is 6.08 Å². The van der Waals surface area contributed by atoms with Crippen LogP contribution in [0.2, 0.25) is 0 Å². The molecule has 128 valence electrons. The van der Waals surface area contributed by atoms with Gasteiger partial charge >= 0.3 is 0 Å². The molecule has 2 aromatic rings. The molecule has 1 aromatic carbocycles. The van der Waals surface area contributed by atoms with Gasteiger partial charge in [-0.25, -0.2) is 0 Å². The molecule has 8 heteroatoms. The summed E-state index contributed by atoms with van der Waals surface area (Å²) in [6.07, 6.45) is 1.50. The zero-order chi connectivity index (χ0) is 18.0. The van der Waals surface area contributed by atoms with E-state index >= 15 is 0 Å². The predicted molar refractivity (Wildman–Crippen MR) is 98.9 cm³/mol. The second-order valence-corrected chi connectivity index (χ2v) is 7.09. The van der Waals surface area contributed by atoms with Crippen molar-refractivity contribution in [3.63, 3.8) is 0 Å². The van der Waals surface area contributed by atoms with Crippen LogP contribution < -0.4 is 5.32 Å². The first-order valence-corrected chi connectivity index (χ1v) is 8.91. The van der Waals surface area contributed by atoms with Gasteiger partial charge in [0.25, 0.3) is 11.1 Å². The molecule has 3 amide bonds. The maximum Gasteiger partial charge on any atom is 0.294 e. The van der Waals surface area contributed by atoms with Gasteiger partial charge < -0.3 is 9.73 Å². The number of rotatable bonds is 4. The highest BCUT2D eigenvalue weighted by Gasteiger charge is 2.36. The molecule has 0 radical (unpaired) electrons. The zero-order valence-electron chi connectivity index (χ0n) is 13.1. The molecule has 6 nitrogen and oxygen atoms in total. The van der Waals surface area contributed by atoms with Gasteiger partial charge in [0.15, 0.2) is 0 Å². The first-order chi connectivity index (χ1) is 11.9. The number of thioether (sulfide) groups is 1. The van der Waals surface area contributed by atoms with E-state index in [2.05, 4.69) is 21.2 Å². The summed E-state index contributed by atoms with van der Waals surface area (Å²) in [5.74, 6) is 0.231. The quantitative estimate of drug-likeness (QED) is 0.755. The first-order valence-electron chi connectivity index (χ1n) is 7.30. The molecule has 1 aliphatic rings. The summed E-state index contributed by atoms with van der Waals surface area (Å²) in [6.45, 7) is 1.44. The molecule has 0 bridgehead atoms. The molecule has 1 aromatic heterocycles. The number of para-hydroxylation sites is 1. The number of benzene rings is 1. The third-order valence-electron chi connectivity index (χ3n) is 3.36. The number of anilines is 1. The van der Waals surface area contributed by atoms with Crippen molar-refractivity contribution in [2.75, 3.05) is 11.9 Å². The van der Waals surface area contributed by atoms with E-state index in [4.69, 9.17) is 4.42 Å². The number of aryl methyl sites for hydroxylation is 1. The van der Waals surface area contributed by atoms with Crippen molar-refractivity contribution >= 4 is 56.5 Å². The summed E-state index contributed by atoms with van der Waals surface area (Å²) in [5.41, 5.74) is 0.570. The van der Waals surface area contributed by atoms with Crippen molar-refractivity contribution in [3.8, 4) is 0 Å². The summed E-state index contributed by atoms with van der Waals surface area (Å²) in [4.78, 5) is 37.7. The van der Waals surface area contributed by atoms with E-state index < -0.39 is 17.1 Å². The maximum atomic E-state index is 12.4. The maximum absolute atomic E-state index is 12.4. The number of carbonyl (C=O) groups excluding carboxylic acids is 3. The monoisotopic (exact) mass is 420 g/mol. The molecule has 2 heterocycles. The van der Waals surface area contributed by atoms with Gasteiger partial charge in [0.1, 0.15) is 18.1 Å². The second kappa shape index (κ2) is 7.28. The largest absolute Gasteiger partial charge is 0.462 e. The minimum Gasteiger partial charge on any atom is -0.462 e. The molecule has 1 saturated heterocycles. The van der Waals surface area contributed by atoms with Crippen molar-refractivity contribution in [2.45, 2.75) is 6.92 Å². The molecule has 1 fully saturated rings. The van der Waals surface area contributed by atoms with Gasteiger partial charge in [-0.1, -0.05) is 12.1 Å². The van der Waals surface area contributed by atoms with Gasteiger partial charge in [-0.05, 0) is 58.9 Å². The Morgan fingerprint density at radius 1 is 1.28 bits per heavy atom. The summed E-state index contributed by atoms with van der Waals surface area (Å²) in [6, 6.07) is 10.6. The smallest absolute Gasteiger partial charge is 0.294 e. The Balaban J connectivity index is 1.69. The van der Waals surface area contributed by atoms with E-state index in [0.717, 1.165) is 16.7 Å². The van der Waals surface area contributed by atoms with Crippen LogP contribution in [0.1, 0.15) is 11.5 Å². The van der Waals surface area contributed by atoms with Crippen molar-refractivity contribution in [3.05, 3.63) is 57.3 Å². The minimum atomic E-state index is -0.508. The number of halogens is 1. The van der Waals surface area contributed by atoms with Crippen LogP contribution in [0, 0.1) is 6.92 Å². The molecule has 1 N–H and O–H groups in total. The number of nitrogens with one attached hydrogen (secondary N) is 1. The van der Waals surface area contributed by atoms with Crippen molar-refractivity contribution in [1.82, 2.24) is 4.90 Å². The van der Waals surface area contributed by atoms with Gasteiger partial charge in [0.2, 0.25) is 5.91 Å². The van der Waals surface area contributed by atoms with Crippen LogP contribution in [0.3, 0.4) is 0 Å². The SMILES string of the molecule is Cc1ccc(C=C2SC(=O)N(CC(=O)Nc3ccccc3Br)C2=O)o1. The van der Waals surface area contributed by atoms with Gasteiger partial charge in [0, 0.05) is 10.5 Å². The lowest BCUT2D eigenvalue weighted by Crippen LogP contribution is -2.36. The second-order valence-electron chi connectivity index (χ2n) is 5.24. The molecule has 0 spiro atoms. The Morgan fingerprint density at radius 2 is 2.04 bits per heavy atom. The first kappa shape index (κ1) is 17.5. The average Bonchev–Trinajstić information content (AvgIpc) is 3.08. The normalized spacial score (nSPS) is 15.9. The molecule has 0 atom stereocenters. The van der Waals surface area contributed by atoms with Crippen molar-refractivity contribution in [2.24, 2.45) is 0 Å². The third-order valence-corrected chi connectivity index (χ3v) is 4.96. The van der Waals surface area contributed by atoms with E-state index in [1.807, 2.05) is 6.07 Å². The Labute approximate surface area is 156 Å². The highest BCUT2D eigenvalue weighted by molar-refractivity contribution is 9.10. The molecule has 0 aliphatic carbocycles. The minimum absolute atomic E-state index is 0.230. The fourth-order valence-corrected chi connectivity index (χ4v) is 3.39. The molecule has 25 heavy (non-hydrogen) atoms. The summed E-state index contributed by atoms with van der Waals surface area (Å²) in [5, 5.41) is 2.18. The van der Waals surface area contributed by atoms with E-state index in [1.54, 1.807) is 37.3 Å². The topological polar surface area (TPSA) is 79.6 Å². The van der Waals surface area contributed by atoms with E-state index in [0.29, 0.717) is 21.7 Å². The number of imide groups is 1. The van der Waals surface area contributed by atoms with Crippen LogP contribution >= 0.6 is 27.7 Å². The third kappa shape index (κ3) is 4.02. The molecular formula is C17H13BrN2O4S. The Kier molecular flexibility index (Phi) is 5.10.